The van der Waals surface area contributed by atoms with Crippen LogP contribution < -0.4 is 37.9 Å². The lowest BCUT2D eigenvalue weighted by Crippen LogP contribution is -2.43. The molecule has 3 atom stereocenters. The second-order valence-corrected chi connectivity index (χ2v) is 16.8. The van der Waals surface area contributed by atoms with Crippen LogP contribution in [0.4, 0.5) is 0 Å². The molecule has 5 amide bonds. The quantitative estimate of drug-likeness (QED) is 0.0234. The number of hydrogen-bond donors (Lipinski definition) is 11. The highest BCUT2D eigenvalue weighted by Crippen LogP contribution is 2.14. The van der Waals surface area contributed by atoms with E-state index in [2.05, 4.69) is 32.0 Å². The number of amides is 5. The van der Waals surface area contributed by atoms with Gasteiger partial charge in [-0.2, -0.15) is 0 Å². The van der Waals surface area contributed by atoms with Gasteiger partial charge in [0.05, 0.1) is 39.6 Å². The Morgan fingerprint density at radius 1 is 0.357 bits per heavy atom. The van der Waals surface area contributed by atoms with Crippen molar-refractivity contribution in [2.75, 3.05) is 72.5 Å². The maximum absolute atomic E-state index is 12.3. The maximum Gasteiger partial charge on any atom is 0.326 e. The van der Waals surface area contributed by atoms with Crippen molar-refractivity contribution in [3.63, 3.8) is 0 Å². The number of ether oxygens (including phenoxy) is 4. The number of rotatable bonds is 50. The summed E-state index contributed by atoms with van der Waals surface area (Å²) < 4.78 is 21.2. The molecule has 12 N–H and O–H groups in total. The predicted molar refractivity (Wildman–Crippen MR) is 254 cm³/mol. The van der Waals surface area contributed by atoms with Gasteiger partial charge in [-0.1, -0.05) is 77.0 Å². The van der Waals surface area contributed by atoms with Crippen molar-refractivity contribution in [1.29, 1.82) is 0 Å². The Morgan fingerprint density at radius 2 is 0.743 bits per heavy atom. The fourth-order valence-electron chi connectivity index (χ4n) is 6.75. The van der Waals surface area contributed by atoms with Crippen molar-refractivity contribution in [3.05, 3.63) is 0 Å². The normalized spacial score (nSPS) is 12.3. The van der Waals surface area contributed by atoms with Crippen LogP contribution in [-0.2, 0) is 62.1 Å². The number of unbranched alkanes of at least 4 members (excludes halogenated alkanes) is 14. The zero-order valence-electron chi connectivity index (χ0n) is 40.9. The Balaban J connectivity index is 3.80. The lowest BCUT2D eigenvalue weighted by Gasteiger charge is -2.15. The lowest BCUT2D eigenvalue weighted by molar-refractivity contribution is -0.143. The summed E-state index contributed by atoms with van der Waals surface area (Å²) in [6.07, 6.45) is 16.1. The molecular formula is C46H83N7O17. The first kappa shape index (κ1) is 65.0. The molecule has 0 heterocycles. The second-order valence-electron chi connectivity index (χ2n) is 16.8. The molecule has 404 valence electrons. The van der Waals surface area contributed by atoms with Gasteiger partial charge in [0.2, 0.25) is 29.5 Å². The Morgan fingerprint density at radius 3 is 1.19 bits per heavy atom. The SMILES string of the molecule is NN[C@@H](CCCCNC(=O)CC[C@H](NC(=O)COCCOCCNC(=O)COCCOCCNC(=O)CC[C@H](NC(=O)CCCCCCCCCCCCCCCCC(=O)O)C(=O)O)C(=O)O)C(=O)O. The third kappa shape index (κ3) is 41.9. The molecule has 0 fully saturated rings. The number of nitrogens with two attached hydrogens (primary N) is 1. The third-order valence-electron chi connectivity index (χ3n) is 10.7. The van der Waals surface area contributed by atoms with Crippen LogP contribution in [0, 0.1) is 0 Å². The van der Waals surface area contributed by atoms with E-state index in [1.807, 2.05) is 0 Å². The largest absolute Gasteiger partial charge is 0.481 e. The molecule has 24 heteroatoms. The van der Waals surface area contributed by atoms with E-state index in [9.17, 15) is 53.4 Å². The molecule has 0 rings (SSSR count). The molecule has 0 saturated heterocycles. The van der Waals surface area contributed by atoms with Gasteiger partial charge in [0.25, 0.3) is 0 Å². The number of hydrazine groups is 1. The molecule has 0 aliphatic rings. The summed E-state index contributed by atoms with van der Waals surface area (Å²) in [5.41, 5.74) is 2.19. The van der Waals surface area contributed by atoms with Crippen LogP contribution in [0.2, 0.25) is 0 Å². The van der Waals surface area contributed by atoms with Crippen LogP contribution in [-0.4, -0.2) is 164 Å². The highest BCUT2D eigenvalue weighted by atomic mass is 16.5. The molecule has 0 radical (unpaired) electrons. The van der Waals surface area contributed by atoms with Crippen LogP contribution >= 0.6 is 0 Å². The first-order chi connectivity index (χ1) is 33.7. The monoisotopic (exact) mass is 1010 g/mol. The number of carbonyl (C=O) groups is 9. The van der Waals surface area contributed by atoms with Crippen molar-refractivity contribution >= 4 is 53.4 Å². The van der Waals surface area contributed by atoms with Crippen molar-refractivity contribution in [2.45, 2.75) is 166 Å². The van der Waals surface area contributed by atoms with Gasteiger partial charge in [-0.15, -0.1) is 0 Å². The molecule has 0 aromatic heterocycles. The van der Waals surface area contributed by atoms with Crippen molar-refractivity contribution in [3.8, 4) is 0 Å². The molecule has 0 saturated carbocycles. The van der Waals surface area contributed by atoms with Gasteiger partial charge in [0.1, 0.15) is 31.3 Å². The minimum absolute atomic E-state index is 0.0148. The summed E-state index contributed by atoms with van der Waals surface area (Å²) in [4.78, 5) is 105. The first-order valence-electron chi connectivity index (χ1n) is 24.7. The summed E-state index contributed by atoms with van der Waals surface area (Å²) >= 11 is 0. The van der Waals surface area contributed by atoms with Gasteiger partial charge in [0, 0.05) is 45.3 Å². The number of hydrogen-bond acceptors (Lipinski definition) is 15. The van der Waals surface area contributed by atoms with Crippen LogP contribution in [0.5, 0.6) is 0 Å². The van der Waals surface area contributed by atoms with Gasteiger partial charge in [-0.25, -0.2) is 15.0 Å². The Labute approximate surface area is 411 Å². The van der Waals surface area contributed by atoms with Gasteiger partial charge in [-0.3, -0.25) is 39.4 Å². The minimum Gasteiger partial charge on any atom is -0.481 e. The van der Waals surface area contributed by atoms with Crippen LogP contribution in [0.15, 0.2) is 0 Å². The van der Waals surface area contributed by atoms with Crippen molar-refractivity contribution in [2.24, 2.45) is 5.84 Å². The number of nitrogens with one attached hydrogen (secondary N) is 6. The number of aliphatic carboxylic acids is 4. The molecule has 24 nitrogen and oxygen atoms in total. The number of carbonyl (C=O) groups excluding carboxylic acids is 5. The van der Waals surface area contributed by atoms with Crippen molar-refractivity contribution < 1.29 is 82.5 Å². The number of carboxylic acid groups (broad SMARTS) is 4. The van der Waals surface area contributed by atoms with Gasteiger partial charge >= 0.3 is 23.9 Å². The zero-order chi connectivity index (χ0) is 52.0. The van der Waals surface area contributed by atoms with Crippen molar-refractivity contribution in [1.82, 2.24) is 32.0 Å². The molecular weight excluding hydrogens is 923 g/mol. The molecule has 0 aliphatic heterocycles. The van der Waals surface area contributed by atoms with Gasteiger partial charge in [0.15, 0.2) is 0 Å². The van der Waals surface area contributed by atoms with E-state index in [1.54, 1.807) is 0 Å². The second kappa shape index (κ2) is 45.1. The average Bonchev–Trinajstić information content (AvgIpc) is 3.31. The fourth-order valence-corrected chi connectivity index (χ4v) is 6.75. The molecule has 0 aliphatic carbocycles. The molecule has 0 unspecified atom stereocenters. The van der Waals surface area contributed by atoms with E-state index < -0.39 is 66.3 Å². The molecule has 0 bridgehead atoms. The number of carboxylic acids is 4. The Kier molecular flexibility index (Phi) is 41.9. The Bertz CT molecular complexity index is 1490. The molecule has 0 aromatic rings. The van der Waals surface area contributed by atoms with E-state index in [0.717, 1.165) is 51.4 Å². The topological polar surface area (TPSA) is 370 Å². The van der Waals surface area contributed by atoms with E-state index in [0.29, 0.717) is 19.3 Å². The smallest absolute Gasteiger partial charge is 0.326 e. The first-order valence-corrected chi connectivity index (χ1v) is 24.7. The molecule has 70 heavy (non-hydrogen) atoms. The summed E-state index contributed by atoms with van der Waals surface area (Å²) in [5, 5.41) is 49.2. The van der Waals surface area contributed by atoms with Gasteiger partial charge in [-0.05, 0) is 44.9 Å². The predicted octanol–water partition coefficient (Wildman–Crippen LogP) is 1.51. The van der Waals surface area contributed by atoms with E-state index in [-0.39, 0.29) is 123 Å². The highest BCUT2D eigenvalue weighted by molar-refractivity contribution is 5.85. The minimum atomic E-state index is -1.32. The Hall–Kier alpha value is -5.01. The summed E-state index contributed by atoms with van der Waals surface area (Å²) in [6.45, 7) is 0.627. The summed E-state index contributed by atoms with van der Waals surface area (Å²) in [7, 11) is 0. The summed E-state index contributed by atoms with van der Waals surface area (Å²) in [6, 6.07) is -3.37. The van der Waals surface area contributed by atoms with Gasteiger partial charge < -0.3 is 66.0 Å². The summed E-state index contributed by atoms with van der Waals surface area (Å²) in [5.74, 6) is -1.39. The van der Waals surface area contributed by atoms with E-state index in [4.69, 9.17) is 35.0 Å². The fraction of sp³-hybridized carbons (Fsp3) is 0.804. The van der Waals surface area contributed by atoms with Crippen LogP contribution in [0.1, 0.15) is 148 Å². The molecule has 0 aromatic carbocycles. The lowest BCUT2D eigenvalue weighted by atomic mass is 10.0. The maximum atomic E-state index is 12.3. The highest BCUT2D eigenvalue weighted by Gasteiger charge is 2.22. The van der Waals surface area contributed by atoms with E-state index in [1.165, 1.54) is 32.1 Å². The standard InChI is InChI=1S/C46H83N7O17/c47-53-37(46(65)66)17-15-16-24-48-38(54)22-21-36(45(63)64)52-42(58)34-70-32-30-68-28-26-50-41(57)33-69-31-29-67-27-25-49-39(55)23-20-35(44(61)62)51-40(56)18-13-11-9-7-5-3-1-2-4-6-8-10-12-14-19-43(59)60/h35-37,53H,1-34,47H2,(H,48,54)(H,49,55)(H,50,57)(H,51,56)(H,52,58)(H,59,60)(H,61,62)(H,63,64)(H,65,66)/t35-,36-,37-/m0/s1. The van der Waals surface area contributed by atoms with Crippen LogP contribution in [0.3, 0.4) is 0 Å². The van der Waals surface area contributed by atoms with E-state index >= 15 is 0 Å². The third-order valence-corrected chi connectivity index (χ3v) is 10.7. The van der Waals surface area contributed by atoms with Crippen LogP contribution in [0.25, 0.3) is 0 Å². The average molecular weight is 1010 g/mol. The molecule has 0 spiro atoms. The zero-order valence-corrected chi connectivity index (χ0v) is 40.9.